The van der Waals surface area contributed by atoms with Crippen molar-refractivity contribution in [1.29, 1.82) is 0 Å². The summed E-state index contributed by atoms with van der Waals surface area (Å²) < 4.78 is 13.7. The van der Waals surface area contributed by atoms with E-state index in [1.54, 1.807) is 18.2 Å². The zero-order valence-electron chi connectivity index (χ0n) is 13.8. The molecule has 2 aromatic rings. The van der Waals surface area contributed by atoms with Crippen molar-refractivity contribution in [2.45, 2.75) is 22.6 Å². The van der Waals surface area contributed by atoms with E-state index >= 15 is 0 Å². The van der Waals surface area contributed by atoms with Gasteiger partial charge < -0.3 is 11.1 Å². The van der Waals surface area contributed by atoms with E-state index in [0.717, 1.165) is 11.0 Å². The van der Waals surface area contributed by atoms with Crippen LogP contribution >= 0.6 is 23.4 Å². The van der Waals surface area contributed by atoms with Gasteiger partial charge in [-0.1, -0.05) is 23.4 Å². The van der Waals surface area contributed by atoms with Crippen LogP contribution in [0.25, 0.3) is 0 Å². The molecule has 27 heavy (non-hydrogen) atoms. The minimum atomic E-state index is -1.15. The molecular weight excluding hydrogens is 393 g/mol. The number of anilines is 2. The molecule has 2 heterocycles. The molecule has 3 amide bonds. The van der Waals surface area contributed by atoms with Gasteiger partial charge in [0.05, 0.1) is 11.3 Å². The molecule has 0 spiro atoms. The number of hydrogen-bond donors (Lipinski definition) is 2. The lowest BCUT2D eigenvalue weighted by Crippen LogP contribution is -2.49. The van der Waals surface area contributed by atoms with Gasteiger partial charge in [0.25, 0.3) is 11.8 Å². The van der Waals surface area contributed by atoms with Crippen molar-refractivity contribution in [2.75, 3.05) is 10.2 Å². The molecule has 3 N–H and O–H groups in total. The van der Waals surface area contributed by atoms with Crippen LogP contribution < -0.4 is 16.0 Å². The van der Waals surface area contributed by atoms with Crippen molar-refractivity contribution < 1.29 is 18.8 Å². The maximum absolute atomic E-state index is 13.7. The van der Waals surface area contributed by atoms with Gasteiger partial charge in [-0.25, -0.2) is 4.39 Å². The molecule has 2 aliphatic rings. The largest absolute Gasteiger partial charge is 0.366 e. The minimum Gasteiger partial charge on any atom is -0.366 e. The summed E-state index contributed by atoms with van der Waals surface area (Å²) in [5.41, 5.74) is 5.65. The summed E-state index contributed by atoms with van der Waals surface area (Å²) in [6.07, 6.45) is 0.542. The molecular formula is C18H13ClFN3O3S. The van der Waals surface area contributed by atoms with E-state index in [-0.39, 0.29) is 23.6 Å². The van der Waals surface area contributed by atoms with Gasteiger partial charge in [-0.2, -0.15) is 0 Å². The predicted octanol–water partition coefficient (Wildman–Crippen LogP) is 3.15. The fraction of sp³-hybridized carbons (Fsp3) is 0.167. The molecule has 1 fully saturated rings. The third-order valence-corrected chi connectivity index (χ3v) is 6.28. The second-order valence-electron chi connectivity index (χ2n) is 6.24. The monoisotopic (exact) mass is 405 g/mol. The zero-order chi connectivity index (χ0) is 19.3. The summed E-state index contributed by atoms with van der Waals surface area (Å²) in [5, 5.41) is 3.14. The predicted molar refractivity (Wildman–Crippen MR) is 100 cm³/mol. The summed E-state index contributed by atoms with van der Waals surface area (Å²) in [6.45, 7) is 0. The van der Waals surface area contributed by atoms with E-state index in [2.05, 4.69) is 5.32 Å². The lowest BCUT2D eigenvalue weighted by Gasteiger charge is -2.29. The van der Waals surface area contributed by atoms with Gasteiger partial charge in [0.15, 0.2) is 4.87 Å². The van der Waals surface area contributed by atoms with Crippen LogP contribution in [0.15, 0.2) is 41.3 Å². The van der Waals surface area contributed by atoms with E-state index in [1.165, 1.54) is 28.8 Å². The van der Waals surface area contributed by atoms with Crippen LogP contribution in [0.1, 0.15) is 23.2 Å². The molecule has 1 atom stereocenters. The number of fused-ring (bicyclic) bond motifs is 3. The summed E-state index contributed by atoms with van der Waals surface area (Å²) in [6, 6.07) is 8.70. The van der Waals surface area contributed by atoms with Crippen molar-refractivity contribution in [2.24, 2.45) is 5.73 Å². The molecule has 0 unspecified atom stereocenters. The Bertz CT molecular complexity index is 1020. The van der Waals surface area contributed by atoms with E-state index in [9.17, 15) is 18.8 Å². The molecule has 4 rings (SSSR count). The molecule has 0 aromatic heterocycles. The van der Waals surface area contributed by atoms with Gasteiger partial charge in [0, 0.05) is 22.0 Å². The highest BCUT2D eigenvalue weighted by molar-refractivity contribution is 8.02. The van der Waals surface area contributed by atoms with Crippen molar-refractivity contribution >= 4 is 52.5 Å². The van der Waals surface area contributed by atoms with E-state index in [4.69, 9.17) is 17.3 Å². The van der Waals surface area contributed by atoms with Gasteiger partial charge in [-0.05, 0) is 42.8 Å². The average Bonchev–Trinajstić information content (AvgIpc) is 3.12. The fourth-order valence-electron chi connectivity index (χ4n) is 3.34. The number of nitrogens with two attached hydrogens (primary N) is 1. The molecule has 2 aromatic carbocycles. The number of benzene rings is 2. The Balaban J connectivity index is 1.69. The summed E-state index contributed by atoms with van der Waals surface area (Å²) in [7, 11) is 0. The first kappa shape index (κ1) is 17.8. The van der Waals surface area contributed by atoms with Crippen molar-refractivity contribution in [3.05, 3.63) is 52.8 Å². The number of nitrogens with one attached hydrogen (secondary N) is 1. The van der Waals surface area contributed by atoms with Gasteiger partial charge in [-0.15, -0.1) is 0 Å². The SMILES string of the molecule is NC(=O)c1cc(NC(=O)[C@@]23CCC(=O)N2c2cc(Cl)ccc2S3)ccc1F. The van der Waals surface area contributed by atoms with Gasteiger partial charge in [-0.3, -0.25) is 19.3 Å². The van der Waals surface area contributed by atoms with Crippen LogP contribution in [-0.4, -0.2) is 22.6 Å². The summed E-state index contributed by atoms with van der Waals surface area (Å²) >= 11 is 7.33. The third kappa shape index (κ3) is 2.76. The number of rotatable bonds is 3. The average molecular weight is 406 g/mol. The molecule has 2 aliphatic heterocycles. The Kier molecular flexibility index (Phi) is 4.12. The lowest BCUT2D eigenvalue weighted by atomic mass is 10.1. The zero-order valence-corrected chi connectivity index (χ0v) is 15.4. The maximum atomic E-state index is 13.7. The van der Waals surface area contributed by atoms with E-state index < -0.39 is 22.5 Å². The number of primary amides is 1. The highest BCUT2D eigenvalue weighted by atomic mass is 35.5. The van der Waals surface area contributed by atoms with Gasteiger partial charge in [0.2, 0.25) is 5.91 Å². The van der Waals surface area contributed by atoms with Crippen molar-refractivity contribution in [3.8, 4) is 0 Å². The first-order valence-corrected chi connectivity index (χ1v) is 9.24. The highest BCUT2D eigenvalue weighted by Crippen LogP contribution is 2.56. The number of thioether (sulfide) groups is 1. The molecule has 138 valence electrons. The van der Waals surface area contributed by atoms with Crippen molar-refractivity contribution in [3.63, 3.8) is 0 Å². The number of carbonyl (C=O) groups is 3. The standard InChI is InChI=1S/C18H13ClFN3O3S/c19-9-1-4-14-13(7-9)23-15(24)5-6-18(23,27-14)17(26)22-10-2-3-12(20)11(8-10)16(21)25/h1-4,7-8H,5-6H2,(H2,21,25)(H,22,26)/t18-/m0/s1. The molecule has 1 saturated heterocycles. The molecule has 0 saturated carbocycles. The smallest absolute Gasteiger partial charge is 0.261 e. The van der Waals surface area contributed by atoms with Crippen LogP contribution in [0.2, 0.25) is 5.02 Å². The van der Waals surface area contributed by atoms with Gasteiger partial charge >= 0.3 is 0 Å². The Hall–Kier alpha value is -2.58. The highest BCUT2D eigenvalue weighted by Gasteiger charge is 2.57. The number of halogens is 2. The van der Waals surface area contributed by atoms with E-state index in [1.807, 2.05) is 0 Å². The van der Waals surface area contributed by atoms with Crippen LogP contribution in [0.3, 0.4) is 0 Å². The molecule has 0 bridgehead atoms. The number of nitrogens with zero attached hydrogens (tertiary/aromatic N) is 1. The van der Waals surface area contributed by atoms with Crippen LogP contribution in [-0.2, 0) is 9.59 Å². The van der Waals surface area contributed by atoms with E-state index in [0.29, 0.717) is 17.1 Å². The number of amides is 3. The van der Waals surface area contributed by atoms with Gasteiger partial charge in [0.1, 0.15) is 5.82 Å². The molecule has 9 heteroatoms. The molecule has 0 aliphatic carbocycles. The van der Waals surface area contributed by atoms with Crippen molar-refractivity contribution in [1.82, 2.24) is 0 Å². The lowest BCUT2D eigenvalue weighted by molar-refractivity contribution is -0.121. The Morgan fingerprint density at radius 1 is 1.26 bits per heavy atom. The Labute approximate surface area is 162 Å². The Morgan fingerprint density at radius 3 is 2.78 bits per heavy atom. The normalized spacial score (nSPS) is 20.4. The third-order valence-electron chi connectivity index (χ3n) is 4.57. The minimum absolute atomic E-state index is 0.171. The summed E-state index contributed by atoms with van der Waals surface area (Å²) in [4.78, 5) is 38.0. The van der Waals surface area contributed by atoms with Crippen LogP contribution in [0.5, 0.6) is 0 Å². The first-order chi connectivity index (χ1) is 12.8. The summed E-state index contributed by atoms with van der Waals surface area (Å²) in [5.74, 6) is -2.31. The van der Waals surface area contributed by atoms with Crippen LogP contribution in [0, 0.1) is 5.82 Å². The quantitative estimate of drug-likeness (QED) is 0.820. The Morgan fingerprint density at radius 2 is 2.04 bits per heavy atom. The first-order valence-electron chi connectivity index (χ1n) is 8.04. The maximum Gasteiger partial charge on any atom is 0.261 e. The number of hydrogen-bond acceptors (Lipinski definition) is 4. The number of carbonyl (C=O) groups excluding carboxylic acids is 3. The second-order valence-corrected chi connectivity index (χ2v) is 8.00. The van der Waals surface area contributed by atoms with Crippen LogP contribution in [0.4, 0.5) is 15.8 Å². The second kappa shape index (κ2) is 6.24. The topological polar surface area (TPSA) is 92.5 Å². The fourth-order valence-corrected chi connectivity index (χ4v) is 4.90. The molecule has 0 radical (unpaired) electrons. The molecule has 6 nitrogen and oxygen atoms in total.